The lowest BCUT2D eigenvalue weighted by atomic mass is 10.1. The summed E-state index contributed by atoms with van der Waals surface area (Å²) in [5.74, 6) is 4.11. The number of fused-ring (bicyclic) bond motifs is 1. The smallest absolute Gasteiger partial charge is 0.165 e. The van der Waals surface area contributed by atoms with Crippen molar-refractivity contribution < 1.29 is 0 Å². The van der Waals surface area contributed by atoms with Crippen molar-refractivity contribution in [1.82, 2.24) is 19.5 Å². The van der Waals surface area contributed by atoms with E-state index in [2.05, 4.69) is 35.6 Å². The Morgan fingerprint density at radius 2 is 2.15 bits per heavy atom. The number of imidazole rings is 1. The molecule has 0 radical (unpaired) electrons. The molecule has 1 aliphatic carbocycles. The third-order valence-corrected chi connectivity index (χ3v) is 3.72. The van der Waals surface area contributed by atoms with Crippen molar-refractivity contribution in [3.8, 4) is 11.5 Å². The molecule has 3 rings (SSSR count). The first-order valence-electron chi connectivity index (χ1n) is 7.65. The minimum Gasteiger partial charge on any atom is -0.368 e. The average Bonchev–Trinajstić information content (AvgIpc) is 3.17. The van der Waals surface area contributed by atoms with Gasteiger partial charge in [0.05, 0.1) is 6.33 Å². The van der Waals surface area contributed by atoms with Crippen LogP contribution in [-0.4, -0.2) is 26.1 Å². The SMILES string of the molecule is CCNc1ncn(CCC(C)C)c2nc(C3CC3)nc1-2. The molecule has 0 amide bonds. The van der Waals surface area contributed by atoms with E-state index in [0.29, 0.717) is 11.8 Å². The first-order chi connectivity index (χ1) is 9.69. The number of anilines is 1. The maximum absolute atomic E-state index is 4.77. The minimum absolute atomic E-state index is 0.579. The lowest BCUT2D eigenvalue weighted by molar-refractivity contribution is 0.511. The number of rotatable bonds is 6. The van der Waals surface area contributed by atoms with Crippen LogP contribution in [-0.2, 0) is 6.54 Å². The molecule has 0 saturated heterocycles. The normalized spacial score (nSPS) is 15.2. The number of aromatic nitrogens is 4. The lowest BCUT2D eigenvalue weighted by Crippen LogP contribution is -2.11. The molecule has 2 aliphatic heterocycles. The standard InChI is InChI=1S/C15H23N5/c1-4-16-14-12-15(19-13(18-12)11-5-6-11)20(9-17-14)8-7-10(2)3/h9-11,16H,4-8H2,1-3H3. The molecular formula is C15H23N5. The molecule has 2 heterocycles. The van der Waals surface area contributed by atoms with E-state index in [4.69, 9.17) is 9.97 Å². The minimum atomic E-state index is 0.579. The second-order valence-corrected chi connectivity index (χ2v) is 6.03. The second-order valence-electron chi connectivity index (χ2n) is 6.03. The Hall–Kier alpha value is -1.65. The number of hydrogen-bond acceptors (Lipinski definition) is 4. The van der Waals surface area contributed by atoms with Gasteiger partial charge in [0, 0.05) is 19.0 Å². The number of nitrogens with zero attached hydrogens (tertiary/aromatic N) is 4. The maximum Gasteiger partial charge on any atom is 0.165 e. The maximum atomic E-state index is 4.77. The summed E-state index contributed by atoms with van der Waals surface area (Å²) in [6, 6.07) is 0. The zero-order chi connectivity index (χ0) is 14.1. The van der Waals surface area contributed by atoms with Crippen LogP contribution in [0.4, 0.5) is 5.82 Å². The van der Waals surface area contributed by atoms with Crippen molar-refractivity contribution in [3.63, 3.8) is 0 Å². The monoisotopic (exact) mass is 273 g/mol. The summed E-state index contributed by atoms with van der Waals surface area (Å²) in [7, 11) is 0. The molecule has 5 nitrogen and oxygen atoms in total. The van der Waals surface area contributed by atoms with Crippen molar-refractivity contribution in [2.75, 3.05) is 11.9 Å². The van der Waals surface area contributed by atoms with E-state index in [1.54, 1.807) is 0 Å². The zero-order valence-corrected chi connectivity index (χ0v) is 12.6. The van der Waals surface area contributed by atoms with Crippen LogP contribution in [0, 0.1) is 5.92 Å². The third-order valence-electron chi connectivity index (χ3n) is 3.72. The van der Waals surface area contributed by atoms with Crippen LogP contribution in [0.3, 0.4) is 0 Å². The van der Waals surface area contributed by atoms with Gasteiger partial charge in [-0.25, -0.2) is 15.0 Å². The van der Waals surface area contributed by atoms with E-state index in [1.165, 1.54) is 12.8 Å². The molecule has 1 saturated carbocycles. The van der Waals surface area contributed by atoms with E-state index in [9.17, 15) is 0 Å². The van der Waals surface area contributed by atoms with Gasteiger partial charge in [0.25, 0.3) is 0 Å². The average molecular weight is 273 g/mol. The van der Waals surface area contributed by atoms with Gasteiger partial charge in [-0.3, -0.25) is 0 Å². The van der Waals surface area contributed by atoms with Crippen LogP contribution >= 0.6 is 0 Å². The molecule has 0 aromatic carbocycles. The zero-order valence-electron chi connectivity index (χ0n) is 12.6. The largest absolute Gasteiger partial charge is 0.368 e. The van der Waals surface area contributed by atoms with Gasteiger partial charge in [-0.1, -0.05) is 13.8 Å². The van der Waals surface area contributed by atoms with Crippen molar-refractivity contribution in [1.29, 1.82) is 0 Å². The Morgan fingerprint density at radius 1 is 1.35 bits per heavy atom. The topological polar surface area (TPSA) is 55.6 Å². The first-order valence-corrected chi connectivity index (χ1v) is 7.65. The molecular weight excluding hydrogens is 250 g/mol. The van der Waals surface area contributed by atoms with Gasteiger partial charge in [-0.05, 0) is 32.1 Å². The Bertz CT molecular complexity index is 556. The molecule has 0 bridgehead atoms. The highest BCUT2D eigenvalue weighted by Crippen LogP contribution is 2.40. The Morgan fingerprint density at radius 3 is 2.80 bits per heavy atom. The summed E-state index contributed by atoms with van der Waals surface area (Å²) in [6.45, 7) is 8.36. The van der Waals surface area contributed by atoms with E-state index in [1.807, 2.05) is 6.33 Å². The molecule has 0 unspecified atom stereocenters. The first kappa shape index (κ1) is 13.3. The molecule has 3 aliphatic rings. The summed E-state index contributed by atoms with van der Waals surface area (Å²) in [5.41, 5.74) is 0.931. The van der Waals surface area contributed by atoms with Crippen molar-refractivity contribution in [2.45, 2.75) is 52.5 Å². The molecule has 20 heavy (non-hydrogen) atoms. The van der Waals surface area contributed by atoms with Crippen LogP contribution in [0.1, 0.15) is 51.8 Å². The fourth-order valence-electron chi connectivity index (χ4n) is 2.34. The van der Waals surface area contributed by atoms with Crippen LogP contribution < -0.4 is 5.32 Å². The molecule has 5 heteroatoms. The van der Waals surface area contributed by atoms with E-state index in [-0.39, 0.29) is 0 Å². The number of hydrogen-bond donors (Lipinski definition) is 1. The van der Waals surface area contributed by atoms with Gasteiger partial charge in [-0.2, -0.15) is 0 Å². The van der Waals surface area contributed by atoms with Gasteiger partial charge in [-0.15, -0.1) is 0 Å². The highest BCUT2D eigenvalue weighted by molar-refractivity contribution is 5.67. The van der Waals surface area contributed by atoms with Gasteiger partial charge in [0.2, 0.25) is 0 Å². The molecule has 108 valence electrons. The molecule has 0 aromatic heterocycles. The summed E-state index contributed by atoms with van der Waals surface area (Å²) in [5, 5.41) is 3.29. The summed E-state index contributed by atoms with van der Waals surface area (Å²) in [4.78, 5) is 14.0. The van der Waals surface area contributed by atoms with Gasteiger partial charge in [0.15, 0.2) is 17.3 Å². The predicted octanol–water partition coefficient (Wildman–Crippen LogP) is 3.13. The van der Waals surface area contributed by atoms with Crippen molar-refractivity contribution in [3.05, 3.63) is 12.2 Å². The number of nitrogens with one attached hydrogen (secondary N) is 1. The Balaban J connectivity index is 1.96. The van der Waals surface area contributed by atoms with Crippen LogP contribution in [0.25, 0.3) is 11.5 Å². The fourth-order valence-corrected chi connectivity index (χ4v) is 2.34. The van der Waals surface area contributed by atoms with Crippen LogP contribution in [0.2, 0.25) is 0 Å². The molecule has 0 atom stereocenters. The second kappa shape index (κ2) is 5.38. The van der Waals surface area contributed by atoms with Gasteiger partial charge in [0.1, 0.15) is 5.82 Å². The molecule has 1 fully saturated rings. The third kappa shape index (κ3) is 2.62. The molecule has 0 aromatic rings. The lowest BCUT2D eigenvalue weighted by Gasteiger charge is -2.14. The summed E-state index contributed by atoms with van der Waals surface area (Å²) >= 11 is 0. The highest BCUT2D eigenvalue weighted by Gasteiger charge is 2.31. The molecule has 1 N–H and O–H groups in total. The van der Waals surface area contributed by atoms with Crippen LogP contribution in [0.15, 0.2) is 6.33 Å². The predicted molar refractivity (Wildman–Crippen MR) is 80.0 cm³/mol. The van der Waals surface area contributed by atoms with Crippen molar-refractivity contribution in [2.24, 2.45) is 5.92 Å². The van der Waals surface area contributed by atoms with E-state index in [0.717, 1.165) is 42.7 Å². The molecule has 0 spiro atoms. The fraction of sp³-hybridized carbons (Fsp3) is 0.667. The van der Waals surface area contributed by atoms with E-state index >= 15 is 0 Å². The quantitative estimate of drug-likeness (QED) is 0.878. The Kier molecular flexibility index (Phi) is 3.59. The van der Waals surface area contributed by atoms with Crippen LogP contribution in [0.5, 0.6) is 0 Å². The van der Waals surface area contributed by atoms with Crippen molar-refractivity contribution >= 4 is 5.82 Å². The Labute approximate surface area is 120 Å². The highest BCUT2D eigenvalue weighted by atomic mass is 15.2. The van der Waals surface area contributed by atoms with Gasteiger partial charge >= 0.3 is 0 Å². The number of aryl methyl sites for hydroxylation is 1. The summed E-state index contributed by atoms with van der Waals surface area (Å²) < 4.78 is 2.15. The van der Waals surface area contributed by atoms with E-state index < -0.39 is 0 Å². The summed E-state index contributed by atoms with van der Waals surface area (Å²) in [6.07, 6.45) is 5.49. The van der Waals surface area contributed by atoms with Gasteiger partial charge < -0.3 is 9.88 Å².